The average Bonchev–Trinajstić information content (AvgIpc) is 2.59. The van der Waals surface area contributed by atoms with Gasteiger partial charge >= 0.3 is 0 Å². The molecular weight excluding hydrogens is 150 g/mol. The Morgan fingerprint density at radius 2 is 2.00 bits per heavy atom. The van der Waals surface area contributed by atoms with Gasteiger partial charge in [-0.1, -0.05) is 0 Å². The predicted octanol–water partition coefficient (Wildman–Crippen LogP) is -0.356. The summed E-state index contributed by atoms with van der Waals surface area (Å²) in [7, 11) is 0. The normalized spacial score (nSPS) is 32.5. The Morgan fingerprint density at radius 1 is 1.17 bits per heavy atom. The fourth-order valence-electron chi connectivity index (χ4n) is 2.12. The summed E-state index contributed by atoms with van der Waals surface area (Å²) in [5.41, 5.74) is 0. The lowest BCUT2D eigenvalue weighted by Gasteiger charge is -2.29. The van der Waals surface area contributed by atoms with Gasteiger partial charge in [-0.2, -0.15) is 0 Å². The summed E-state index contributed by atoms with van der Waals surface area (Å²) in [6.07, 6.45) is 2.75. The van der Waals surface area contributed by atoms with E-state index in [1.54, 1.807) is 0 Å². The highest BCUT2D eigenvalue weighted by molar-refractivity contribution is 4.79. The number of piperazine rings is 1. The fourth-order valence-corrected chi connectivity index (χ4v) is 2.12. The smallest absolute Gasteiger partial charge is 0.0195 e. The van der Waals surface area contributed by atoms with E-state index in [9.17, 15) is 0 Å². The molecule has 0 radical (unpaired) electrons. The van der Waals surface area contributed by atoms with Gasteiger partial charge in [-0.3, -0.25) is 4.90 Å². The zero-order chi connectivity index (χ0) is 8.23. The second-order valence-corrected chi connectivity index (χ2v) is 3.84. The molecule has 3 nitrogen and oxygen atoms in total. The van der Waals surface area contributed by atoms with Gasteiger partial charge < -0.3 is 10.6 Å². The molecule has 0 saturated carbocycles. The summed E-state index contributed by atoms with van der Waals surface area (Å²) in [6, 6.07) is 0.781. The van der Waals surface area contributed by atoms with Crippen LogP contribution >= 0.6 is 0 Å². The van der Waals surface area contributed by atoms with E-state index < -0.39 is 0 Å². The van der Waals surface area contributed by atoms with E-state index in [0.717, 1.165) is 6.04 Å². The first kappa shape index (κ1) is 8.48. The van der Waals surface area contributed by atoms with Gasteiger partial charge in [-0.25, -0.2) is 0 Å². The van der Waals surface area contributed by atoms with Crippen molar-refractivity contribution in [2.75, 3.05) is 39.3 Å². The first-order valence-electron chi connectivity index (χ1n) is 5.11. The Morgan fingerprint density at radius 3 is 2.67 bits per heavy atom. The second-order valence-electron chi connectivity index (χ2n) is 3.84. The third-order valence-corrected chi connectivity index (χ3v) is 2.85. The molecule has 0 aromatic rings. The molecule has 12 heavy (non-hydrogen) atoms. The molecule has 0 aliphatic carbocycles. The molecular formula is C9H19N3. The molecule has 2 aliphatic heterocycles. The highest BCUT2D eigenvalue weighted by Gasteiger charge is 2.18. The molecule has 2 fully saturated rings. The van der Waals surface area contributed by atoms with E-state index in [4.69, 9.17) is 0 Å². The number of hydrogen-bond acceptors (Lipinski definition) is 3. The number of hydrogen-bond donors (Lipinski definition) is 2. The molecule has 2 saturated heterocycles. The second kappa shape index (κ2) is 4.21. The predicted molar refractivity (Wildman–Crippen MR) is 50.3 cm³/mol. The van der Waals surface area contributed by atoms with Gasteiger partial charge in [0.25, 0.3) is 0 Å². The van der Waals surface area contributed by atoms with Gasteiger partial charge in [-0.15, -0.1) is 0 Å². The zero-order valence-corrected chi connectivity index (χ0v) is 7.68. The van der Waals surface area contributed by atoms with Gasteiger partial charge in [0.05, 0.1) is 0 Å². The Hall–Kier alpha value is -0.120. The van der Waals surface area contributed by atoms with E-state index in [1.807, 2.05) is 0 Å². The molecule has 0 unspecified atom stereocenters. The van der Waals surface area contributed by atoms with Gasteiger partial charge in [0, 0.05) is 38.8 Å². The van der Waals surface area contributed by atoms with Crippen molar-refractivity contribution in [1.29, 1.82) is 0 Å². The summed E-state index contributed by atoms with van der Waals surface area (Å²) in [5.74, 6) is 0. The Kier molecular flexibility index (Phi) is 2.98. The van der Waals surface area contributed by atoms with E-state index in [0.29, 0.717) is 0 Å². The Bertz CT molecular complexity index is 126. The van der Waals surface area contributed by atoms with E-state index >= 15 is 0 Å². The monoisotopic (exact) mass is 169 g/mol. The maximum absolute atomic E-state index is 3.54. The van der Waals surface area contributed by atoms with Crippen LogP contribution in [0.1, 0.15) is 12.8 Å². The van der Waals surface area contributed by atoms with Crippen molar-refractivity contribution in [1.82, 2.24) is 15.5 Å². The summed E-state index contributed by atoms with van der Waals surface area (Å²) >= 11 is 0. The van der Waals surface area contributed by atoms with Gasteiger partial charge in [0.15, 0.2) is 0 Å². The molecule has 3 heteroatoms. The Balaban J connectivity index is 1.69. The molecule has 2 heterocycles. The van der Waals surface area contributed by atoms with Crippen LogP contribution in [-0.2, 0) is 0 Å². The zero-order valence-electron chi connectivity index (χ0n) is 7.68. The number of nitrogens with zero attached hydrogens (tertiary/aromatic N) is 1. The maximum Gasteiger partial charge on any atom is 0.0195 e. The first-order chi connectivity index (χ1) is 5.95. The minimum absolute atomic E-state index is 0.781. The van der Waals surface area contributed by atoms with Crippen LogP contribution in [0.3, 0.4) is 0 Å². The van der Waals surface area contributed by atoms with Crippen molar-refractivity contribution >= 4 is 0 Å². The summed E-state index contributed by atoms with van der Waals surface area (Å²) in [6.45, 7) is 7.31. The van der Waals surface area contributed by atoms with Crippen LogP contribution in [0.5, 0.6) is 0 Å². The molecule has 0 aromatic heterocycles. The number of rotatable bonds is 2. The minimum atomic E-state index is 0.781. The van der Waals surface area contributed by atoms with Crippen LogP contribution in [0.4, 0.5) is 0 Å². The summed E-state index contributed by atoms with van der Waals surface area (Å²) in [5, 5.41) is 6.92. The molecule has 0 amide bonds. The van der Waals surface area contributed by atoms with Gasteiger partial charge in [0.2, 0.25) is 0 Å². The molecule has 2 rings (SSSR count). The molecule has 0 aromatic carbocycles. The van der Waals surface area contributed by atoms with Gasteiger partial charge in [-0.05, 0) is 19.4 Å². The third-order valence-electron chi connectivity index (χ3n) is 2.85. The molecule has 0 bridgehead atoms. The van der Waals surface area contributed by atoms with Crippen LogP contribution in [-0.4, -0.2) is 50.2 Å². The molecule has 2 N–H and O–H groups in total. The van der Waals surface area contributed by atoms with Crippen molar-refractivity contribution in [3.8, 4) is 0 Å². The highest BCUT2D eigenvalue weighted by Crippen LogP contribution is 2.06. The lowest BCUT2D eigenvalue weighted by atomic mass is 10.2. The van der Waals surface area contributed by atoms with Gasteiger partial charge in [0.1, 0.15) is 0 Å². The van der Waals surface area contributed by atoms with Crippen LogP contribution in [0.15, 0.2) is 0 Å². The average molecular weight is 169 g/mol. The summed E-state index contributed by atoms with van der Waals surface area (Å²) in [4.78, 5) is 2.57. The van der Waals surface area contributed by atoms with Crippen molar-refractivity contribution in [3.05, 3.63) is 0 Å². The topological polar surface area (TPSA) is 27.3 Å². The largest absolute Gasteiger partial charge is 0.314 e. The van der Waals surface area contributed by atoms with Crippen LogP contribution in [0, 0.1) is 0 Å². The SMILES string of the molecule is C1CN[C@@H](CN2CCNCC2)C1. The lowest BCUT2D eigenvalue weighted by Crippen LogP contribution is -2.47. The van der Waals surface area contributed by atoms with E-state index in [2.05, 4.69) is 15.5 Å². The van der Waals surface area contributed by atoms with E-state index in [1.165, 1.54) is 52.1 Å². The van der Waals surface area contributed by atoms with Crippen molar-refractivity contribution in [2.24, 2.45) is 0 Å². The van der Waals surface area contributed by atoms with Crippen LogP contribution in [0.25, 0.3) is 0 Å². The van der Waals surface area contributed by atoms with Crippen LogP contribution < -0.4 is 10.6 Å². The quantitative estimate of drug-likeness (QED) is 0.591. The van der Waals surface area contributed by atoms with Crippen molar-refractivity contribution in [3.63, 3.8) is 0 Å². The highest BCUT2D eigenvalue weighted by atomic mass is 15.2. The molecule has 0 spiro atoms. The molecule has 2 aliphatic rings. The fraction of sp³-hybridized carbons (Fsp3) is 1.00. The third kappa shape index (κ3) is 2.19. The summed E-state index contributed by atoms with van der Waals surface area (Å²) < 4.78 is 0. The van der Waals surface area contributed by atoms with Crippen molar-refractivity contribution < 1.29 is 0 Å². The lowest BCUT2D eigenvalue weighted by molar-refractivity contribution is 0.221. The van der Waals surface area contributed by atoms with Crippen molar-refractivity contribution in [2.45, 2.75) is 18.9 Å². The molecule has 1 atom stereocenters. The first-order valence-corrected chi connectivity index (χ1v) is 5.11. The molecule has 70 valence electrons. The number of nitrogens with one attached hydrogen (secondary N) is 2. The Labute approximate surface area is 74.5 Å². The maximum atomic E-state index is 3.54. The minimum Gasteiger partial charge on any atom is -0.314 e. The standard InChI is InChI=1S/C9H19N3/c1-2-9(11-3-1)8-12-6-4-10-5-7-12/h9-11H,1-8H2/t9-/m1/s1. The van der Waals surface area contributed by atoms with Crippen LogP contribution in [0.2, 0.25) is 0 Å². The van der Waals surface area contributed by atoms with E-state index in [-0.39, 0.29) is 0 Å².